The van der Waals surface area contributed by atoms with Gasteiger partial charge in [-0.2, -0.15) is 5.10 Å². The maximum absolute atomic E-state index is 10.8. The standard InChI is InChI=1S/C10H10Br2N2O3/c1-16-9-7(11)3-6(4-8(9)12)5-13-14-10(15)17-2/h3-5H,1-2H3,(H,14,15). The molecule has 5 nitrogen and oxygen atoms in total. The van der Waals surface area contributed by atoms with Gasteiger partial charge in [-0.05, 0) is 49.6 Å². The molecule has 0 aliphatic carbocycles. The van der Waals surface area contributed by atoms with Crippen LogP contribution in [0.3, 0.4) is 0 Å². The van der Waals surface area contributed by atoms with E-state index in [2.05, 4.69) is 47.1 Å². The largest absolute Gasteiger partial charge is 0.494 e. The van der Waals surface area contributed by atoms with Crippen LogP contribution in [0.2, 0.25) is 0 Å². The van der Waals surface area contributed by atoms with Crippen LogP contribution in [0, 0.1) is 0 Å². The summed E-state index contributed by atoms with van der Waals surface area (Å²) in [5, 5.41) is 3.72. The number of methoxy groups -OCH3 is 2. The van der Waals surface area contributed by atoms with Gasteiger partial charge in [0.05, 0.1) is 29.4 Å². The Morgan fingerprint density at radius 3 is 2.41 bits per heavy atom. The van der Waals surface area contributed by atoms with Gasteiger partial charge in [0.2, 0.25) is 0 Å². The quantitative estimate of drug-likeness (QED) is 0.661. The summed E-state index contributed by atoms with van der Waals surface area (Å²) in [6, 6.07) is 3.62. The first-order valence-electron chi connectivity index (χ1n) is 4.48. The van der Waals surface area contributed by atoms with Crippen LogP contribution in [0.1, 0.15) is 5.56 Å². The van der Waals surface area contributed by atoms with Gasteiger partial charge in [-0.25, -0.2) is 10.2 Å². The fourth-order valence-electron chi connectivity index (χ4n) is 1.05. The molecule has 0 bridgehead atoms. The van der Waals surface area contributed by atoms with E-state index in [0.29, 0.717) is 5.75 Å². The SMILES string of the molecule is COC(=O)NN=Cc1cc(Br)c(OC)c(Br)c1. The third-order valence-electron chi connectivity index (χ3n) is 1.78. The molecule has 0 saturated heterocycles. The van der Waals surface area contributed by atoms with Crippen LogP contribution in [0.25, 0.3) is 0 Å². The lowest BCUT2D eigenvalue weighted by Crippen LogP contribution is -2.16. The normalized spacial score (nSPS) is 10.4. The van der Waals surface area contributed by atoms with Crippen LogP contribution in [0.5, 0.6) is 5.75 Å². The van der Waals surface area contributed by atoms with E-state index in [1.165, 1.54) is 13.3 Å². The van der Waals surface area contributed by atoms with E-state index in [9.17, 15) is 4.79 Å². The molecule has 17 heavy (non-hydrogen) atoms. The molecule has 7 heteroatoms. The van der Waals surface area contributed by atoms with Gasteiger partial charge in [0.1, 0.15) is 5.75 Å². The van der Waals surface area contributed by atoms with Crippen LogP contribution in [-0.2, 0) is 4.74 Å². The minimum atomic E-state index is -0.618. The lowest BCUT2D eigenvalue weighted by Gasteiger charge is -2.06. The number of rotatable bonds is 3. The first-order valence-corrected chi connectivity index (χ1v) is 6.07. The Morgan fingerprint density at radius 2 is 1.94 bits per heavy atom. The molecule has 0 fully saturated rings. The lowest BCUT2D eigenvalue weighted by atomic mass is 10.2. The van der Waals surface area contributed by atoms with Crippen LogP contribution in [0.4, 0.5) is 4.79 Å². The molecule has 0 aliphatic rings. The predicted molar refractivity (Wildman–Crippen MR) is 71.5 cm³/mol. The van der Waals surface area contributed by atoms with E-state index < -0.39 is 6.09 Å². The molecule has 0 spiro atoms. The number of hydrazone groups is 1. The van der Waals surface area contributed by atoms with Gasteiger partial charge in [0.15, 0.2) is 0 Å². The third kappa shape index (κ3) is 4.01. The predicted octanol–water partition coefficient (Wildman–Crippen LogP) is 2.91. The van der Waals surface area contributed by atoms with Crippen molar-refractivity contribution in [2.45, 2.75) is 0 Å². The van der Waals surface area contributed by atoms with Crippen molar-refractivity contribution in [3.05, 3.63) is 26.6 Å². The zero-order valence-corrected chi connectivity index (χ0v) is 12.3. The van der Waals surface area contributed by atoms with Crippen LogP contribution >= 0.6 is 31.9 Å². The Labute approximate surface area is 115 Å². The minimum absolute atomic E-state index is 0.618. The molecule has 0 heterocycles. The van der Waals surface area contributed by atoms with Gasteiger partial charge in [-0.15, -0.1) is 0 Å². The number of carbonyl (C=O) groups is 1. The molecule has 1 aromatic rings. The number of ether oxygens (including phenoxy) is 2. The van der Waals surface area contributed by atoms with Crippen LogP contribution in [0.15, 0.2) is 26.2 Å². The highest BCUT2D eigenvalue weighted by Crippen LogP contribution is 2.33. The summed E-state index contributed by atoms with van der Waals surface area (Å²) < 4.78 is 11.1. The molecule has 0 saturated carbocycles. The molecular formula is C10H10Br2N2O3. The number of hydrogen-bond acceptors (Lipinski definition) is 4. The van der Waals surface area contributed by atoms with Crippen molar-refractivity contribution in [2.24, 2.45) is 5.10 Å². The topological polar surface area (TPSA) is 59.9 Å². The van der Waals surface area contributed by atoms with E-state index in [1.807, 2.05) is 12.1 Å². The molecule has 1 amide bonds. The second-order valence-corrected chi connectivity index (χ2v) is 4.59. The van der Waals surface area contributed by atoms with E-state index in [-0.39, 0.29) is 0 Å². The van der Waals surface area contributed by atoms with Crippen molar-refractivity contribution in [1.82, 2.24) is 5.43 Å². The van der Waals surface area contributed by atoms with Crippen molar-refractivity contribution in [1.29, 1.82) is 0 Å². The summed E-state index contributed by atoms with van der Waals surface area (Å²) in [6.45, 7) is 0. The average molecular weight is 366 g/mol. The van der Waals surface area contributed by atoms with Crippen molar-refractivity contribution in [3.63, 3.8) is 0 Å². The van der Waals surface area contributed by atoms with Crippen LogP contribution in [-0.4, -0.2) is 26.5 Å². The fraction of sp³-hybridized carbons (Fsp3) is 0.200. The molecule has 0 aromatic heterocycles. The molecule has 1 rings (SSSR count). The van der Waals surface area contributed by atoms with Crippen LogP contribution < -0.4 is 10.2 Å². The van der Waals surface area contributed by atoms with E-state index >= 15 is 0 Å². The van der Waals surface area contributed by atoms with E-state index in [1.54, 1.807) is 7.11 Å². The Hall–Kier alpha value is -1.08. The summed E-state index contributed by atoms with van der Waals surface area (Å²) in [5.74, 6) is 0.697. The highest BCUT2D eigenvalue weighted by Gasteiger charge is 2.06. The van der Waals surface area contributed by atoms with Crippen molar-refractivity contribution in [2.75, 3.05) is 14.2 Å². The number of carbonyl (C=O) groups excluding carboxylic acids is 1. The molecule has 1 N–H and O–H groups in total. The first-order chi connectivity index (χ1) is 8.08. The average Bonchev–Trinajstić information content (AvgIpc) is 2.28. The van der Waals surface area contributed by atoms with Gasteiger partial charge in [0.25, 0.3) is 0 Å². The number of hydrogen-bond donors (Lipinski definition) is 1. The Bertz CT molecular complexity index is 426. The second-order valence-electron chi connectivity index (χ2n) is 2.88. The summed E-state index contributed by atoms with van der Waals surface area (Å²) in [5.41, 5.74) is 2.99. The zero-order chi connectivity index (χ0) is 12.8. The molecule has 0 atom stereocenters. The van der Waals surface area contributed by atoms with Gasteiger partial charge in [-0.3, -0.25) is 0 Å². The van der Waals surface area contributed by atoms with E-state index in [4.69, 9.17) is 4.74 Å². The van der Waals surface area contributed by atoms with E-state index in [0.717, 1.165) is 14.5 Å². The smallest absolute Gasteiger partial charge is 0.427 e. The Morgan fingerprint density at radius 1 is 1.35 bits per heavy atom. The Kier molecular flexibility index (Phi) is 5.43. The molecule has 0 unspecified atom stereocenters. The summed E-state index contributed by atoms with van der Waals surface area (Å²) in [7, 11) is 2.85. The molecular weight excluding hydrogens is 356 g/mol. The summed E-state index contributed by atoms with van der Waals surface area (Å²) in [6.07, 6.45) is 0.874. The second kappa shape index (κ2) is 6.61. The maximum atomic E-state index is 10.8. The fourth-order valence-corrected chi connectivity index (χ4v) is 2.60. The molecule has 92 valence electrons. The number of nitrogens with one attached hydrogen (secondary N) is 1. The number of benzene rings is 1. The number of nitrogens with zero attached hydrogens (tertiary/aromatic N) is 1. The minimum Gasteiger partial charge on any atom is -0.494 e. The lowest BCUT2D eigenvalue weighted by molar-refractivity contribution is 0.171. The summed E-state index contributed by atoms with van der Waals surface area (Å²) in [4.78, 5) is 10.8. The maximum Gasteiger partial charge on any atom is 0.427 e. The van der Waals surface area contributed by atoms with Crippen molar-refractivity contribution >= 4 is 44.2 Å². The van der Waals surface area contributed by atoms with Gasteiger partial charge < -0.3 is 9.47 Å². The van der Waals surface area contributed by atoms with Crippen molar-refractivity contribution in [3.8, 4) is 5.75 Å². The molecule has 0 radical (unpaired) electrons. The first kappa shape index (κ1) is 14.0. The van der Waals surface area contributed by atoms with Gasteiger partial charge >= 0.3 is 6.09 Å². The van der Waals surface area contributed by atoms with Gasteiger partial charge in [-0.1, -0.05) is 0 Å². The monoisotopic (exact) mass is 364 g/mol. The van der Waals surface area contributed by atoms with Gasteiger partial charge in [0, 0.05) is 0 Å². The number of halogens is 2. The Balaban J connectivity index is 2.83. The van der Waals surface area contributed by atoms with Crippen molar-refractivity contribution < 1.29 is 14.3 Å². The molecule has 0 aliphatic heterocycles. The zero-order valence-electron chi connectivity index (χ0n) is 9.16. The number of amides is 1. The third-order valence-corrected chi connectivity index (χ3v) is 2.96. The molecule has 1 aromatic carbocycles. The highest BCUT2D eigenvalue weighted by atomic mass is 79.9. The highest BCUT2D eigenvalue weighted by molar-refractivity contribution is 9.11. The summed E-state index contributed by atoms with van der Waals surface area (Å²) >= 11 is 6.73.